The normalized spacial score (nSPS) is 12.2. The number of aromatic amines is 1. The van der Waals surface area contributed by atoms with E-state index >= 15 is 0 Å². The van der Waals surface area contributed by atoms with Gasteiger partial charge in [-0.2, -0.15) is 10.3 Å². The van der Waals surface area contributed by atoms with E-state index in [4.69, 9.17) is 0 Å². The van der Waals surface area contributed by atoms with E-state index in [1.807, 2.05) is 28.9 Å². The monoisotopic (exact) mass is 445 g/mol. The number of carbonyl (C=O) groups is 1. The zero-order valence-corrected chi connectivity index (χ0v) is 18.9. The number of aliphatic carboxylic acids is 1. The van der Waals surface area contributed by atoms with Crippen LogP contribution in [0, 0.1) is 5.92 Å². The van der Waals surface area contributed by atoms with Crippen molar-refractivity contribution in [2.75, 3.05) is 0 Å². The zero-order chi connectivity index (χ0) is 23.4. The molecule has 0 radical (unpaired) electrons. The number of hydrogen-bond acceptors (Lipinski definition) is 6. The third-order valence-electron chi connectivity index (χ3n) is 5.58. The van der Waals surface area contributed by atoms with Gasteiger partial charge in [-0.3, -0.25) is 4.79 Å². The highest BCUT2D eigenvalue weighted by Crippen LogP contribution is 2.30. The van der Waals surface area contributed by atoms with E-state index in [2.05, 4.69) is 68.8 Å². The van der Waals surface area contributed by atoms with E-state index in [0.717, 1.165) is 40.9 Å². The second kappa shape index (κ2) is 9.72. The van der Waals surface area contributed by atoms with Gasteiger partial charge in [0.1, 0.15) is 11.7 Å². The second-order valence-electron chi connectivity index (χ2n) is 8.51. The summed E-state index contributed by atoms with van der Waals surface area (Å²) in [7, 11) is 0. The lowest BCUT2D eigenvalue weighted by atomic mass is 9.98. The van der Waals surface area contributed by atoms with E-state index < -0.39 is 11.9 Å². The summed E-state index contributed by atoms with van der Waals surface area (Å²) in [4.78, 5) is 16.0. The molecular formula is C24H27N7O2. The molecule has 9 heteroatoms. The van der Waals surface area contributed by atoms with Crippen molar-refractivity contribution in [3.05, 3.63) is 65.7 Å². The molecule has 170 valence electrons. The van der Waals surface area contributed by atoms with E-state index in [9.17, 15) is 9.90 Å². The Kier molecular flexibility index (Phi) is 6.58. The summed E-state index contributed by atoms with van der Waals surface area (Å²) in [5, 5.41) is 28.3. The first-order valence-electron chi connectivity index (χ1n) is 11.0. The predicted octanol–water partition coefficient (Wildman–Crippen LogP) is 3.95. The molecule has 0 saturated heterocycles. The molecule has 9 nitrogen and oxygen atoms in total. The summed E-state index contributed by atoms with van der Waals surface area (Å²) in [6.45, 7) is 6.46. The molecule has 4 aromatic rings. The number of hydrogen-bond donors (Lipinski definition) is 2. The molecule has 1 atom stereocenters. The Morgan fingerprint density at radius 1 is 1.06 bits per heavy atom. The first kappa shape index (κ1) is 22.3. The molecule has 0 aliphatic heterocycles. The van der Waals surface area contributed by atoms with Gasteiger partial charge in [-0.25, -0.2) is 9.67 Å². The van der Waals surface area contributed by atoms with Crippen LogP contribution in [0.25, 0.3) is 22.5 Å². The van der Waals surface area contributed by atoms with Crippen LogP contribution in [-0.2, 0) is 17.8 Å². The van der Waals surface area contributed by atoms with Crippen molar-refractivity contribution < 1.29 is 9.90 Å². The SMILES string of the molecule is CC(C)CCc1nc(C(C)C(=O)O)nn1Cc1ccc(-c2ccccc2-c2nn[nH]n2)cc1. The van der Waals surface area contributed by atoms with Gasteiger partial charge in [-0.1, -0.05) is 62.4 Å². The lowest BCUT2D eigenvalue weighted by Crippen LogP contribution is -2.10. The quantitative estimate of drug-likeness (QED) is 0.400. The summed E-state index contributed by atoms with van der Waals surface area (Å²) >= 11 is 0. The highest BCUT2D eigenvalue weighted by atomic mass is 16.4. The van der Waals surface area contributed by atoms with Crippen molar-refractivity contribution in [2.24, 2.45) is 5.92 Å². The summed E-state index contributed by atoms with van der Waals surface area (Å²) in [5.74, 6) is 0.576. The lowest BCUT2D eigenvalue weighted by molar-refractivity contribution is -0.138. The Bertz CT molecular complexity index is 1210. The number of carboxylic acids is 1. The fraction of sp³-hybridized carbons (Fsp3) is 0.333. The van der Waals surface area contributed by atoms with Crippen LogP contribution in [0.3, 0.4) is 0 Å². The summed E-state index contributed by atoms with van der Waals surface area (Å²) in [6.07, 6.45) is 1.72. The molecule has 0 fully saturated rings. The van der Waals surface area contributed by atoms with Gasteiger partial charge in [0.25, 0.3) is 0 Å². The minimum Gasteiger partial charge on any atom is -0.481 e. The van der Waals surface area contributed by atoms with Crippen molar-refractivity contribution in [2.45, 2.75) is 46.1 Å². The smallest absolute Gasteiger partial charge is 0.314 e. The highest BCUT2D eigenvalue weighted by molar-refractivity contribution is 5.80. The molecule has 2 aromatic heterocycles. The van der Waals surface area contributed by atoms with Gasteiger partial charge in [0.2, 0.25) is 5.82 Å². The van der Waals surface area contributed by atoms with Crippen LogP contribution in [-0.4, -0.2) is 46.5 Å². The fourth-order valence-electron chi connectivity index (χ4n) is 3.59. The number of aryl methyl sites for hydroxylation is 1. The fourth-order valence-corrected chi connectivity index (χ4v) is 3.59. The summed E-state index contributed by atoms with van der Waals surface area (Å²) < 4.78 is 1.83. The highest BCUT2D eigenvalue weighted by Gasteiger charge is 2.21. The largest absolute Gasteiger partial charge is 0.481 e. The lowest BCUT2D eigenvalue weighted by Gasteiger charge is -2.10. The zero-order valence-electron chi connectivity index (χ0n) is 18.9. The van der Waals surface area contributed by atoms with E-state index in [1.165, 1.54) is 0 Å². The summed E-state index contributed by atoms with van der Waals surface area (Å²) in [6, 6.07) is 16.1. The third kappa shape index (κ3) is 5.14. The molecule has 4 rings (SSSR count). The molecule has 0 aliphatic carbocycles. The van der Waals surface area contributed by atoms with E-state index in [0.29, 0.717) is 24.1 Å². The maximum absolute atomic E-state index is 11.4. The molecule has 33 heavy (non-hydrogen) atoms. The van der Waals surface area contributed by atoms with Crippen molar-refractivity contribution in [3.8, 4) is 22.5 Å². The molecule has 2 N–H and O–H groups in total. The van der Waals surface area contributed by atoms with Crippen molar-refractivity contribution >= 4 is 5.97 Å². The molecule has 1 unspecified atom stereocenters. The van der Waals surface area contributed by atoms with Crippen LogP contribution in [0.15, 0.2) is 48.5 Å². The number of carboxylic acid groups (broad SMARTS) is 1. The Hall–Kier alpha value is -3.88. The van der Waals surface area contributed by atoms with Crippen LogP contribution in [0.2, 0.25) is 0 Å². The molecule has 0 aliphatic rings. The Balaban J connectivity index is 1.59. The number of rotatable bonds is 9. The molecule has 0 saturated carbocycles. The maximum Gasteiger partial charge on any atom is 0.314 e. The molecule has 0 amide bonds. The third-order valence-corrected chi connectivity index (χ3v) is 5.58. The van der Waals surface area contributed by atoms with Crippen LogP contribution < -0.4 is 0 Å². The molecule has 0 spiro atoms. The standard InChI is InChI=1S/C24H27N7O2/c1-15(2)8-13-21-25-22(16(3)24(32)33)28-31(21)14-17-9-11-18(12-10-17)19-6-4-5-7-20(19)23-26-29-30-27-23/h4-7,9-12,15-16H,8,13-14H2,1-3H3,(H,32,33)(H,26,27,29,30). The minimum atomic E-state index is -0.924. The predicted molar refractivity (Wildman–Crippen MR) is 123 cm³/mol. The van der Waals surface area contributed by atoms with E-state index in [1.54, 1.807) is 6.92 Å². The van der Waals surface area contributed by atoms with Crippen LogP contribution >= 0.6 is 0 Å². The number of benzene rings is 2. The molecule has 2 heterocycles. The van der Waals surface area contributed by atoms with Gasteiger partial charge in [-0.15, -0.1) is 10.2 Å². The Morgan fingerprint density at radius 3 is 2.42 bits per heavy atom. The number of tetrazole rings is 1. The topological polar surface area (TPSA) is 122 Å². The number of nitrogens with zero attached hydrogens (tertiary/aromatic N) is 6. The van der Waals surface area contributed by atoms with Gasteiger partial charge in [0, 0.05) is 12.0 Å². The molecule has 0 bridgehead atoms. The average Bonchev–Trinajstić information content (AvgIpc) is 3.48. The van der Waals surface area contributed by atoms with E-state index in [-0.39, 0.29) is 0 Å². The first-order valence-corrected chi connectivity index (χ1v) is 11.0. The van der Waals surface area contributed by atoms with Gasteiger partial charge < -0.3 is 5.11 Å². The first-order chi connectivity index (χ1) is 15.9. The van der Waals surface area contributed by atoms with Crippen LogP contribution in [0.5, 0.6) is 0 Å². The van der Waals surface area contributed by atoms with Crippen molar-refractivity contribution in [1.29, 1.82) is 0 Å². The number of aromatic nitrogens is 7. The number of H-pyrrole nitrogens is 1. The van der Waals surface area contributed by atoms with Gasteiger partial charge >= 0.3 is 5.97 Å². The molecular weight excluding hydrogens is 418 g/mol. The van der Waals surface area contributed by atoms with Crippen LogP contribution in [0.4, 0.5) is 0 Å². The second-order valence-corrected chi connectivity index (χ2v) is 8.51. The van der Waals surface area contributed by atoms with Crippen molar-refractivity contribution in [3.63, 3.8) is 0 Å². The van der Waals surface area contributed by atoms with Gasteiger partial charge in [0.05, 0.1) is 6.54 Å². The Morgan fingerprint density at radius 2 is 1.79 bits per heavy atom. The average molecular weight is 446 g/mol. The van der Waals surface area contributed by atoms with Crippen molar-refractivity contribution in [1.82, 2.24) is 35.4 Å². The molecule has 2 aromatic carbocycles. The number of nitrogens with one attached hydrogen (secondary N) is 1. The minimum absolute atomic E-state index is 0.354. The van der Waals surface area contributed by atoms with Crippen LogP contribution in [0.1, 0.15) is 50.3 Å². The summed E-state index contributed by atoms with van der Waals surface area (Å²) in [5.41, 5.74) is 4.01. The van der Waals surface area contributed by atoms with Gasteiger partial charge in [-0.05, 0) is 41.2 Å². The van der Waals surface area contributed by atoms with Gasteiger partial charge in [0.15, 0.2) is 5.82 Å². The maximum atomic E-state index is 11.4. The Labute approximate surface area is 191 Å².